The molecule has 7 nitrogen and oxygen atoms in total. The Labute approximate surface area is 189 Å². The summed E-state index contributed by atoms with van der Waals surface area (Å²) in [6.07, 6.45) is 8.58. The van der Waals surface area contributed by atoms with Crippen LogP contribution in [-0.2, 0) is 16.1 Å². The van der Waals surface area contributed by atoms with E-state index in [0.29, 0.717) is 23.7 Å². The molecular formula is C24H30N4O3S. The van der Waals surface area contributed by atoms with Crippen molar-refractivity contribution in [2.75, 3.05) is 12.0 Å². The third-order valence-electron chi connectivity index (χ3n) is 5.96. The van der Waals surface area contributed by atoms with Crippen LogP contribution in [0.2, 0.25) is 0 Å². The van der Waals surface area contributed by atoms with Crippen molar-refractivity contribution in [3.63, 3.8) is 0 Å². The summed E-state index contributed by atoms with van der Waals surface area (Å²) in [7, 11) is -2.25. The monoisotopic (exact) mass is 454 g/mol. The fourth-order valence-corrected chi connectivity index (χ4v) is 4.77. The molecular weight excluding hydrogens is 424 g/mol. The molecule has 2 aromatic heterocycles. The highest BCUT2D eigenvalue weighted by Crippen LogP contribution is 2.30. The molecule has 8 heteroatoms. The normalized spacial score (nSPS) is 20.6. The standard InChI is InChI=1S/C24H30N4O3S/c1-4-32(3,30)28-18-12-16(2)23-21(26-15-27-22(23)14-18)13-17-6-5-11-25-24(17)31-20-9-7-19(29)8-10-20/h5-6,11-12,14-15,19-20,29H,4,7-10,13H2,1-3H3. The Balaban J connectivity index is 1.66. The first-order valence-electron chi connectivity index (χ1n) is 11.1. The third kappa shape index (κ3) is 5.24. The average molecular weight is 455 g/mol. The number of hydrogen-bond acceptors (Lipinski definition) is 7. The lowest BCUT2D eigenvalue weighted by atomic mass is 9.95. The number of ether oxygens (including phenoxy) is 1. The second kappa shape index (κ2) is 9.50. The Kier molecular flexibility index (Phi) is 6.71. The smallest absolute Gasteiger partial charge is 0.217 e. The first-order valence-corrected chi connectivity index (χ1v) is 13.2. The summed E-state index contributed by atoms with van der Waals surface area (Å²) in [4.78, 5) is 13.5. The van der Waals surface area contributed by atoms with Crippen LogP contribution in [0.1, 0.15) is 49.4 Å². The summed E-state index contributed by atoms with van der Waals surface area (Å²) in [6, 6.07) is 7.74. The molecule has 4 rings (SSSR count). The molecule has 0 spiro atoms. The number of benzene rings is 1. The highest BCUT2D eigenvalue weighted by molar-refractivity contribution is 7.93. The summed E-state index contributed by atoms with van der Waals surface area (Å²) in [5, 5.41) is 10.7. The summed E-state index contributed by atoms with van der Waals surface area (Å²) in [5.41, 5.74) is 4.32. The molecule has 1 aliphatic carbocycles. The van der Waals surface area contributed by atoms with Gasteiger partial charge in [0.15, 0.2) is 0 Å². The van der Waals surface area contributed by atoms with Crippen molar-refractivity contribution >= 4 is 26.3 Å². The Morgan fingerprint density at radius 3 is 2.72 bits per heavy atom. The van der Waals surface area contributed by atoms with Gasteiger partial charge in [-0.15, -0.1) is 0 Å². The zero-order valence-corrected chi connectivity index (χ0v) is 19.6. The molecule has 32 heavy (non-hydrogen) atoms. The molecule has 3 aromatic rings. The van der Waals surface area contributed by atoms with E-state index in [2.05, 4.69) is 19.3 Å². The largest absolute Gasteiger partial charge is 0.474 e. The van der Waals surface area contributed by atoms with E-state index in [9.17, 15) is 9.32 Å². The first-order chi connectivity index (χ1) is 15.3. The van der Waals surface area contributed by atoms with Gasteiger partial charge in [0.05, 0.1) is 23.0 Å². The lowest BCUT2D eigenvalue weighted by Gasteiger charge is -2.26. The minimum Gasteiger partial charge on any atom is -0.474 e. The van der Waals surface area contributed by atoms with E-state index in [1.54, 1.807) is 18.8 Å². The Bertz CT molecular complexity index is 1230. The Hall–Kier alpha value is -2.58. The maximum absolute atomic E-state index is 12.5. The fourth-order valence-electron chi connectivity index (χ4n) is 4.09. The molecule has 1 aromatic carbocycles. The molecule has 2 heterocycles. The third-order valence-corrected chi connectivity index (χ3v) is 7.63. The molecule has 1 saturated carbocycles. The zero-order chi connectivity index (χ0) is 22.7. The number of hydrogen-bond donors (Lipinski definition) is 1. The van der Waals surface area contributed by atoms with Crippen LogP contribution in [0.5, 0.6) is 5.88 Å². The van der Waals surface area contributed by atoms with Gasteiger partial charge < -0.3 is 9.84 Å². The topological polar surface area (TPSA) is 97.6 Å². The van der Waals surface area contributed by atoms with Gasteiger partial charge in [-0.3, -0.25) is 0 Å². The highest BCUT2D eigenvalue weighted by Gasteiger charge is 2.22. The number of fused-ring (bicyclic) bond motifs is 1. The van der Waals surface area contributed by atoms with E-state index >= 15 is 0 Å². The van der Waals surface area contributed by atoms with Crippen LogP contribution in [0.15, 0.2) is 41.2 Å². The molecule has 0 saturated heterocycles. The van der Waals surface area contributed by atoms with Gasteiger partial charge in [0.1, 0.15) is 12.4 Å². The van der Waals surface area contributed by atoms with Gasteiger partial charge >= 0.3 is 0 Å². The Morgan fingerprint density at radius 2 is 1.97 bits per heavy atom. The maximum atomic E-state index is 12.5. The van der Waals surface area contributed by atoms with Crippen LogP contribution in [0, 0.1) is 6.92 Å². The number of rotatable bonds is 6. The molecule has 1 aliphatic rings. The van der Waals surface area contributed by atoms with Crippen molar-refractivity contribution in [2.45, 2.75) is 58.2 Å². The second-order valence-electron chi connectivity index (χ2n) is 8.51. The van der Waals surface area contributed by atoms with E-state index in [0.717, 1.165) is 53.4 Å². The molecule has 1 fully saturated rings. The van der Waals surface area contributed by atoms with E-state index in [4.69, 9.17) is 4.74 Å². The summed E-state index contributed by atoms with van der Waals surface area (Å²) >= 11 is 0. The van der Waals surface area contributed by atoms with Crippen molar-refractivity contribution < 1.29 is 14.1 Å². The highest BCUT2D eigenvalue weighted by atomic mass is 32.2. The average Bonchev–Trinajstić information content (AvgIpc) is 2.76. The number of aromatic nitrogens is 3. The first kappa shape index (κ1) is 22.6. The Morgan fingerprint density at radius 1 is 1.19 bits per heavy atom. The molecule has 1 atom stereocenters. The molecule has 0 aliphatic heterocycles. The van der Waals surface area contributed by atoms with Gasteiger partial charge in [-0.2, -0.15) is 4.36 Å². The van der Waals surface area contributed by atoms with E-state index < -0.39 is 9.73 Å². The number of pyridine rings is 1. The van der Waals surface area contributed by atoms with Gasteiger partial charge in [-0.1, -0.05) is 13.0 Å². The minimum atomic E-state index is -2.25. The minimum absolute atomic E-state index is 0.0718. The predicted molar refractivity (Wildman–Crippen MR) is 127 cm³/mol. The summed E-state index contributed by atoms with van der Waals surface area (Å²) < 4.78 is 23.1. The van der Waals surface area contributed by atoms with E-state index in [-0.39, 0.29) is 12.2 Å². The van der Waals surface area contributed by atoms with Crippen molar-refractivity contribution in [3.8, 4) is 5.88 Å². The zero-order valence-electron chi connectivity index (χ0n) is 18.8. The van der Waals surface area contributed by atoms with Crippen molar-refractivity contribution in [2.24, 2.45) is 4.36 Å². The fraction of sp³-hybridized carbons (Fsp3) is 0.458. The molecule has 1 unspecified atom stereocenters. The van der Waals surface area contributed by atoms with Crippen molar-refractivity contribution in [1.29, 1.82) is 0 Å². The van der Waals surface area contributed by atoms with Crippen LogP contribution >= 0.6 is 0 Å². The van der Waals surface area contributed by atoms with Crippen molar-refractivity contribution in [1.82, 2.24) is 15.0 Å². The van der Waals surface area contributed by atoms with Crippen LogP contribution in [0.25, 0.3) is 10.9 Å². The molecule has 0 radical (unpaired) electrons. The number of aliphatic hydroxyl groups excluding tert-OH is 1. The SMILES string of the molecule is CCS(C)(=O)=Nc1cc(C)c2c(Cc3cccnc3OC3CCC(O)CC3)ncnc2c1. The van der Waals surface area contributed by atoms with E-state index in [1.807, 2.05) is 38.1 Å². The van der Waals surface area contributed by atoms with Crippen LogP contribution in [-0.4, -0.2) is 48.5 Å². The lowest BCUT2D eigenvalue weighted by Crippen LogP contribution is -2.27. The molecule has 0 bridgehead atoms. The molecule has 0 amide bonds. The summed E-state index contributed by atoms with van der Waals surface area (Å²) in [5.74, 6) is 1.13. The van der Waals surface area contributed by atoms with Gasteiger partial charge in [0.2, 0.25) is 5.88 Å². The quantitative estimate of drug-likeness (QED) is 0.594. The van der Waals surface area contributed by atoms with Gasteiger partial charge in [0.25, 0.3) is 0 Å². The number of aliphatic hydroxyl groups is 1. The van der Waals surface area contributed by atoms with Crippen LogP contribution in [0.3, 0.4) is 0 Å². The maximum Gasteiger partial charge on any atom is 0.217 e. The van der Waals surface area contributed by atoms with Gasteiger partial charge in [-0.25, -0.2) is 19.2 Å². The summed E-state index contributed by atoms with van der Waals surface area (Å²) in [6.45, 7) is 3.88. The molecule has 170 valence electrons. The van der Waals surface area contributed by atoms with Gasteiger partial charge in [0, 0.05) is 45.3 Å². The predicted octanol–water partition coefficient (Wildman–Crippen LogP) is 4.36. The molecule has 1 N–H and O–H groups in total. The van der Waals surface area contributed by atoms with Gasteiger partial charge in [-0.05, 0) is 56.4 Å². The van der Waals surface area contributed by atoms with E-state index in [1.165, 1.54) is 0 Å². The van der Waals surface area contributed by atoms with Crippen molar-refractivity contribution in [3.05, 3.63) is 53.6 Å². The number of aryl methyl sites for hydroxylation is 1. The number of nitrogens with zero attached hydrogens (tertiary/aromatic N) is 4. The van der Waals surface area contributed by atoms with Crippen LogP contribution < -0.4 is 4.74 Å². The second-order valence-corrected chi connectivity index (χ2v) is 11.2. The van der Waals surface area contributed by atoms with Crippen LogP contribution in [0.4, 0.5) is 5.69 Å². The lowest BCUT2D eigenvalue weighted by molar-refractivity contribution is 0.0639.